The van der Waals surface area contributed by atoms with Crippen LogP contribution in [0.25, 0.3) is 0 Å². The van der Waals surface area contributed by atoms with Gasteiger partial charge in [0.25, 0.3) is 0 Å². The molecule has 1 heterocycles. The highest BCUT2D eigenvalue weighted by molar-refractivity contribution is 5.33. The molecule has 0 aromatic heterocycles. The summed E-state index contributed by atoms with van der Waals surface area (Å²) in [6, 6.07) is 18.8. The minimum Gasteiger partial charge on any atom is -0.308 e. The summed E-state index contributed by atoms with van der Waals surface area (Å²) in [7, 11) is 0. The fourth-order valence-corrected chi connectivity index (χ4v) is 4.09. The van der Waals surface area contributed by atoms with Gasteiger partial charge in [-0.3, -0.25) is 4.90 Å². The van der Waals surface area contributed by atoms with Crippen LogP contribution in [0.1, 0.15) is 66.8 Å². The van der Waals surface area contributed by atoms with Crippen LogP contribution < -0.4 is 5.32 Å². The molecule has 2 aliphatic rings. The molecular formula is C23H30N2. The minimum absolute atomic E-state index is 0.443. The molecule has 4 rings (SSSR count). The van der Waals surface area contributed by atoms with Gasteiger partial charge in [0.1, 0.15) is 0 Å². The van der Waals surface area contributed by atoms with E-state index in [1.54, 1.807) is 0 Å². The monoisotopic (exact) mass is 334 g/mol. The zero-order valence-corrected chi connectivity index (χ0v) is 15.5. The van der Waals surface area contributed by atoms with Gasteiger partial charge in [-0.1, -0.05) is 62.4 Å². The van der Waals surface area contributed by atoms with Crippen LogP contribution in [0.3, 0.4) is 0 Å². The average Bonchev–Trinajstić information content (AvgIpc) is 3.48. The standard InChI is InChI=1S/C23H30N2/c1-17(2)21-5-3-4-6-22(21)23-16-25(14-13-24-23)15-18-7-9-19(10-8-18)20-11-12-20/h3-10,17,20,23-24H,11-16H2,1-2H3/t23-/m0/s1. The van der Waals surface area contributed by atoms with E-state index in [9.17, 15) is 0 Å². The summed E-state index contributed by atoms with van der Waals surface area (Å²) in [6.07, 6.45) is 2.77. The van der Waals surface area contributed by atoms with Gasteiger partial charge in [-0.2, -0.15) is 0 Å². The van der Waals surface area contributed by atoms with E-state index in [0.29, 0.717) is 12.0 Å². The van der Waals surface area contributed by atoms with E-state index in [-0.39, 0.29) is 0 Å². The van der Waals surface area contributed by atoms with Crippen molar-refractivity contribution in [3.63, 3.8) is 0 Å². The fourth-order valence-electron chi connectivity index (χ4n) is 4.09. The van der Waals surface area contributed by atoms with Crippen LogP contribution in [0.2, 0.25) is 0 Å². The SMILES string of the molecule is CC(C)c1ccccc1[C@@H]1CN(Cc2ccc(C3CC3)cc2)CCN1. The summed E-state index contributed by atoms with van der Waals surface area (Å²) < 4.78 is 0. The molecule has 1 saturated heterocycles. The average molecular weight is 335 g/mol. The van der Waals surface area contributed by atoms with Gasteiger partial charge >= 0.3 is 0 Å². The summed E-state index contributed by atoms with van der Waals surface area (Å²) >= 11 is 0. The second-order valence-electron chi connectivity index (χ2n) is 8.04. The lowest BCUT2D eigenvalue weighted by Crippen LogP contribution is -2.45. The van der Waals surface area contributed by atoms with Crippen LogP contribution in [-0.4, -0.2) is 24.5 Å². The van der Waals surface area contributed by atoms with E-state index in [4.69, 9.17) is 0 Å². The van der Waals surface area contributed by atoms with Crippen molar-refractivity contribution in [1.82, 2.24) is 10.2 Å². The number of hydrogen-bond donors (Lipinski definition) is 1. The molecule has 0 bridgehead atoms. The van der Waals surface area contributed by atoms with Gasteiger partial charge in [0.15, 0.2) is 0 Å². The highest BCUT2D eigenvalue weighted by Gasteiger charge is 2.24. The molecule has 2 fully saturated rings. The summed E-state index contributed by atoms with van der Waals surface area (Å²) in [6.45, 7) is 8.94. The zero-order chi connectivity index (χ0) is 17.2. The van der Waals surface area contributed by atoms with E-state index in [1.165, 1.54) is 35.1 Å². The molecule has 1 N–H and O–H groups in total. The quantitative estimate of drug-likeness (QED) is 0.842. The Kier molecular flexibility index (Phi) is 4.91. The highest BCUT2D eigenvalue weighted by atomic mass is 15.2. The van der Waals surface area contributed by atoms with Crippen molar-refractivity contribution < 1.29 is 0 Å². The van der Waals surface area contributed by atoms with Crippen molar-refractivity contribution in [2.24, 2.45) is 0 Å². The van der Waals surface area contributed by atoms with Gasteiger partial charge in [-0.25, -0.2) is 0 Å². The van der Waals surface area contributed by atoms with E-state index >= 15 is 0 Å². The lowest BCUT2D eigenvalue weighted by Gasteiger charge is -2.35. The molecule has 1 saturated carbocycles. The number of rotatable bonds is 5. The van der Waals surface area contributed by atoms with Gasteiger partial charge in [0.05, 0.1) is 0 Å². The highest BCUT2D eigenvalue weighted by Crippen LogP contribution is 2.40. The number of nitrogens with zero attached hydrogens (tertiary/aromatic N) is 1. The summed E-state index contributed by atoms with van der Waals surface area (Å²) in [5.41, 5.74) is 5.94. The lowest BCUT2D eigenvalue weighted by molar-refractivity contribution is 0.192. The number of nitrogens with one attached hydrogen (secondary N) is 1. The Morgan fingerprint density at radius 2 is 1.80 bits per heavy atom. The largest absolute Gasteiger partial charge is 0.308 e. The van der Waals surface area contributed by atoms with Gasteiger partial charge in [0, 0.05) is 32.2 Å². The molecule has 132 valence electrons. The molecule has 2 nitrogen and oxygen atoms in total. The maximum absolute atomic E-state index is 3.74. The minimum atomic E-state index is 0.443. The van der Waals surface area contributed by atoms with Gasteiger partial charge in [-0.05, 0) is 46.9 Å². The van der Waals surface area contributed by atoms with Crippen LogP contribution in [0.15, 0.2) is 48.5 Å². The molecule has 0 radical (unpaired) electrons. The second kappa shape index (κ2) is 7.31. The van der Waals surface area contributed by atoms with Crippen molar-refractivity contribution in [3.05, 3.63) is 70.8 Å². The van der Waals surface area contributed by atoms with Crippen LogP contribution >= 0.6 is 0 Å². The Hall–Kier alpha value is -1.64. The van der Waals surface area contributed by atoms with Crippen LogP contribution in [0, 0.1) is 0 Å². The Morgan fingerprint density at radius 1 is 1.04 bits per heavy atom. The molecule has 1 aliphatic carbocycles. The van der Waals surface area contributed by atoms with Crippen LogP contribution in [-0.2, 0) is 6.54 Å². The van der Waals surface area contributed by atoms with Crippen molar-refractivity contribution in [2.75, 3.05) is 19.6 Å². The fraction of sp³-hybridized carbons (Fsp3) is 0.478. The van der Waals surface area contributed by atoms with Gasteiger partial charge < -0.3 is 5.32 Å². The Balaban J connectivity index is 1.44. The predicted octanol–water partition coefficient (Wildman–Crippen LogP) is 4.83. The first-order valence-electron chi connectivity index (χ1n) is 9.84. The van der Waals surface area contributed by atoms with Crippen molar-refractivity contribution >= 4 is 0 Å². The van der Waals surface area contributed by atoms with Gasteiger partial charge in [-0.15, -0.1) is 0 Å². The maximum atomic E-state index is 3.74. The predicted molar refractivity (Wildman–Crippen MR) is 105 cm³/mol. The molecular weight excluding hydrogens is 304 g/mol. The first-order chi connectivity index (χ1) is 12.2. The zero-order valence-electron chi connectivity index (χ0n) is 15.5. The lowest BCUT2D eigenvalue weighted by atomic mass is 9.92. The molecule has 1 atom stereocenters. The van der Waals surface area contributed by atoms with E-state index < -0.39 is 0 Å². The first-order valence-corrected chi connectivity index (χ1v) is 9.84. The maximum Gasteiger partial charge on any atom is 0.0452 e. The third-order valence-electron chi connectivity index (χ3n) is 5.69. The van der Waals surface area contributed by atoms with E-state index in [2.05, 4.69) is 72.6 Å². The van der Waals surface area contributed by atoms with Crippen molar-refractivity contribution in [3.8, 4) is 0 Å². The topological polar surface area (TPSA) is 15.3 Å². The molecule has 2 aromatic rings. The molecule has 0 spiro atoms. The second-order valence-corrected chi connectivity index (χ2v) is 8.04. The number of benzene rings is 2. The van der Waals surface area contributed by atoms with E-state index in [0.717, 1.165) is 32.1 Å². The Labute approximate surface area is 152 Å². The summed E-state index contributed by atoms with van der Waals surface area (Å²) in [5.74, 6) is 1.42. The number of piperazine rings is 1. The number of hydrogen-bond acceptors (Lipinski definition) is 2. The summed E-state index contributed by atoms with van der Waals surface area (Å²) in [4.78, 5) is 2.60. The Bertz CT molecular complexity index is 700. The normalized spacial score (nSPS) is 21.6. The third-order valence-corrected chi connectivity index (χ3v) is 5.69. The van der Waals surface area contributed by atoms with Crippen molar-refractivity contribution in [1.29, 1.82) is 0 Å². The van der Waals surface area contributed by atoms with Crippen LogP contribution in [0.4, 0.5) is 0 Å². The van der Waals surface area contributed by atoms with E-state index in [1.807, 2.05) is 0 Å². The molecule has 0 amide bonds. The molecule has 1 aliphatic heterocycles. The van der Waals surface area contributed by atoms with Crippen molar-refractivity contribution in [2.45, 2.75) is 51.1 Å². The molecule has 0 unspecified atom stereocenters. The molecule has 25 heavy (non-hydrogen) atoms. The van der Waals surface area contributed by atoms with Gasteiger partial charge in [0.2, 0.25) is 0 Å². The van der Waals surface area contributed by atoms with Crippen LogP contribution in [0.5, 0.6) is 0 Å². The first kappa shape index (κ1) is 16.8. The molecule has 2 heteroatoms. The summed E-state index contributed by atoms with van der Waals surface area (Å²) in [5, 5.41) is 3.74. The molecule has 2 aromatic carbocycles. The Morgan fingerprint density at radius 3 is 2.52 bits per heavy atom. The third kappa shape index (κ3) is 3.96. The smallest absolute Gasteiger partial charge is 0.0452 e.